The number of nitrogens with zero attached hydrogens (tertiary/aromatic N) is 2. The van der Waals surface area contributed by atoms with Crippen molar-refractivity contribution in [3.05, 3.63) is 18.0 Å². The SMILES string of the molecule is CCn1cc(CNC(C)C2CCCO2)cn1. The van der Waals surface area contributed by atoms with Crippen molar-refractivity contribution >= 4 is 0 Å². The Morgan fingerprint density at radius 2 is 2.56 bits per heavy atom. The number of hydrogen-bond donors (Lipinski definition) is 1. The van der Waals surface area contributed by atoms with E-state index in [1.54, 1.807) is 0 Å². The minimum atomic E-state index is 0.390. The van der Waals surface area contributed by atoms with E-state index in [-0.39, 0.29) is 0 Å². The Hall–Kier alpha value is -0.870. The molecule has 4 heteroatoms. The van der Waals surface area contributed by atoms with Gasteiger partial charge in [0.05, 0.1) is 12.3 Å². The van der Waals surface area contributed by atoms with Gasteiger partial charge in [-0.3, -0.25) is 4.68 Å². The molecule has 2 rings (SSSR count). The molecule has 0 aliphatic carbocycles. The molecule has 0 spiro atoms. The molecule has 1 aliphatic rings. The van der Waals surface area contributed by atoms with Crippen molar-refractivity contribution in [1.29, 1.82) is 0 Å². The summed E-state index contributed by atoms with van der Waals surface area (Å²) >= 11 is 0. The van der Waals surface area contributed by atoms with Crippen LogP contribution in [0.15, 0.2) is 12.4 Å². The third-order valence-corrected chi connectivity index (χ3v) is 3.16. The van der Waals surface area contributed by atoms with Crippen molar-refractivity contribution in [2.24, 2.45) is 0 Å². The highest BCUT2D eigenvalue weighted by molar-refractivity contribution is 5.03. The lowest BCUT2D eigenvalue weighted by molar-refractivity contribution is 0.0832. The molecule has 1 N–H and O–H groups in total. The number of aryl methyl sites for hydroxylation is 1. The second-order valence-electron chi connectivity index (χ2n) is 4.43. The Balaban J connectivity index is 1.77. The molecule has 0 radical (unpaired) electrons. The third kappa shape index (κ3) is 2.83. The molecule has 1 fully saturated rings. The van der Waals surface area contributed by atoms with Gasteiger partial charge in [0.25, 0.3) is 0 Å². The fourth-order valence-electron chi connectivity index (χ4n) is 2.08. The van der Waals surface area contributed by atoms with Crippen molar-refractivity contribution in [2.45, 2.75) is 51.9 Å². The third-order valence-electron chi connectivity index (χ3n) is 3.16. The van der Waals surface area contributed by atoms with Gasteiger partial charge in [-0.1, -0.05) is 0 Å². The topological polar surface area (TPSA) is 39.1 Å². The predicted octanol–water partition coefficient (Wildman–Crippen LogP) is 1.56. The maximum Gasteiger partial charge on any atom is 0.0726 e. The van der Waals surface area contributed by atoms with Crippen molar-refractivity contribution in [3.63, 3.8) is 0 Å². The van der Waals surface area contributed by atoms with Crippen LogP contribution in [0, 0.1) is 0 Å². The largest absolute Gasteiger partial charge is 0.377 e. The van der Waals surface area contributed by atoms with Crippen LogP contribution in [0.3, 0.4) is 0 Å². The van der Waals surface area contributed by atoms with Crippen LogP contribution in [0.5, 0.6) is 0 Å². The van der Waals surface area contributed by atoms with Crippen molar-refractivity contribution < 1.29 is 4.74 Å². The van der Waals surface area contributed by atoms with Crippen LogP contribution < -0.4 is 5.32 Å². The summed E-state index contributed by atoms with van der Waals surface area (Å²) in [6.07, 6.45) is 6.79. The second-order valence-corrected chi connectivity index (χ2v) is 4.43. The predicted molar refractivity (Wildman–Crippen MR) is 63.2 cm³/mol. The first-order valence-corrected chi connectivity index (χ1v) is 6.16. The van der Waals surface area contributed by atoms with E-state index >= 15 is 0 Å². The molecule has 2 atom stereocenters. The minimum absolute atomic E-state index is 0.390. The number of rotatable bonds is 5. The van der Waals surface area contributed by atoms with E-state index in [9.17, 15) is 0 Å². The number of nitrogens with one attached hydrogen (secondary N) is 1. The van der Waals surface area contributed by atoms with Crippen LogP contribution in [0.2, 0.25) is 0 Å². The lowest BCUT2D eigenvalue weighted by Crippen LogP contribution is -2.36. The Labute approximate surface area is 97.0 Å². The molecule has 0 bridgehead atoms. The second kappa shape index (κ2) is 5.46. The Morgan fingerprint density at radius 3 is 3.19 bits per heavy atom. The van der Waals surface area contributed by atoms with Gasteiger partial charge < -0.3 is 10.1 Å². The van der Waals surface area contributed by atoms with Gasteiger partial charge in [0.1, 0.15) is 0 Å². The Kier molecular flexibility index (Phi) is 3.96. The zero-order valence-corrected chi connectivity index (χ0v) is 10.1. The standard InChI is InChI=1S/C12H21N3O/c1-3-15-9-11(8-14-15)7-13-10(2)12-5-4-6-16-12/h8-10,12-13H,3-7H2,1-2H3. The van der Waals surface area contributed by atoms with E-state index < -0.39 is 0 Å². The molecule has 1 aromatic heterocycles. The molecule has 1 saturated heterocycles. The highest BCUT2D eigenvalue weighted by atomic mass is 16.5. The van der Waals surface area contributed by atoms with Gasteiger partial charge >= 0.3 is 0 Å². The fraction of sp³-hybridized carbons (Fsp3) is 0.750. The van der Waals surface area contributed by atoms with E-state index in [4.69, 9.17) is 4.74 Å². The molecule has 16 heavy (non-hydrogen) atoms. The van der Waals surface area contributed by atoms with E-state index in [0.717, 1.165) is 19.7 Å². The molecular weight excluding hydrogens is 202 g/mol. The summed E-state index contributed by atoms with van der Waals surface area (Å²) in [5.41, 5.74) is 1.24. The summed E-state index contributed by atoms with van der Waals surface area (Å²) in [7, 11) is 0. The zero-order valence-electron chi connectivity index (χ0n) is 10.1. The zero-order chi connectivity index (χ0) is 11.4. The lowest BCUT2D eigenvalue weighted by atomic mass is 10.1. The Bertz CT molecular complexity index is 318. The van der Waals surface area contributed by atoms with Crippen LogP contribution in [0.4, 0.5) is 0 Å². The van der Waals surface area contributed by atoms with Crippen LogP contribution in [-0.4, -0.2) is 28.5 Å². The number of aromatic nitrogens is 2. The average Bonchev–Trinajstić information content (AvgIpc) is 2.96. The maximum atomic E-state index is 5.65. The molecule has 4 nitrogen and oxygen atoms in total. The van der Waals surface area contributed by atoms with Gasteiger partial charge in [0.2, 0.25) is 0 Å². The lowest BCUT2D eigenvalue weighted by Gasteiger charge is -2.19. The van der Waals surface area contributed by atoms with Gasteiger partial charge in [-0.2, -0.15) is 5.10 Å². The molecule has 2 unspecified atom stereocenters. The first kappa shape index (κ1) is 11.6. The van der Waals surface area contributed by atoms with Gasteiger partial charge in [-0.15, -0.1) is 0 Å². The van der Waals surface area contributed by atoms with Crippen molar-refractivity contribution in [3.8, 4) is 0 Å². The van der Waals surface area contributed by atoms with Crippen LogP contribution >= 0.6 is 0 Å². The summed E-state index contributed by atoms with van der Waals surface area (Å²) in [6.45, 7) is 7.02. The minimum Gasteiger partial charge on any atom is -0.377 e. The number of ether oxygens (including phenoxy) is 1. The van der Waals surface area contributed by atoms with Crippen LogP contribution in [0.25, 0.3) is 0 Å². The summed E-state index contributed by atoms with van der Waals surface area (Å²) < 4.78 is 7.60. The average molecular weight is 223 g/mol. The van der Waals surface area contributed by atoms with E-state index in [1.165, 1.54) is 18.4 Å². The van der Waals surface area contributed by atoms with Crippen LogP contribution in [-0.2, 0) is 17.8 Å². The fourth-order valence-corrected chi connectivity index (χ4v) is 2.08. The van der Waals surface area contributed by atoms with E-state index in [1.807, 2.05) is 10.9 Å². The van der Waals surface area contributed by atoms with E-state index in [0.29, 0.717) is 12.1 Å². The maximum absolute atomic E-state index is 5.65. The highest BCUT2D eigenvalue weighted by Gasteiger charge is 2.21. The first-order valence-electron chi connectivity index (χ1n) is 6.16. The Morgan fingerprint density at radius 1 is 1.69 bits per heavy atom. The van der Waals surface area contributed by atoms with E-state index in [2.05, 4.69) is 30.5 Å². The molecule has 0 aromatic carbocycles. The molecule has 0 amide bonds. The normalized spacial score (nSPS) is 22.5. The summed E-state index contributed by atoms with van der Waals surface area (Å²) in [5, 5.41) is 7.76. The summed E-state index contributed by atoms with van der Waals surface area (Å²) in [6, 6.07) is 0.424. The summed E-state index contributed by atoms with van der Waals surface area (Å²) in [4.78, 5) is 0. The quantitative estimate of drug-likeness (QED) is 0.823. The molecule has 1 aromatic rings. The van der Waals surface area contributed by atoms with Crippen LogP contribution in [0.1, 0.15) is 32.3 Å². The van der Waals surface area contributed by atoms with Gasteiger partial charge in [-0.25, -0.2) is 0 Å². The first-order chi connectivity index (χ1) is 7.79. The van der Waals surface area contributed by atoms with Gasteiger partial charge in [-0.05, 0) is 26.7 Å². The molecular formula is C12H21N3O. The summed E-state index contributed by atoms with van der Waals surface area (Å²) in [5.74, 6) is 0. The smallest absolute Gasteiger partial charge is 0.0726 e. The molecule has 0 saturated carbocycles. The molecule has 2 heterocycles. The monoisotopic (exact) mass is 223 g/mol. The van der Waals surface area contributed by atoms with Gasteiger partial charge in [0, 0.05) is 37.5 Å². The molecule has 90 valence electrons. The van der Waals surface area contributed by atoms with Crippen molar-refractivity contribution in [1.82, 2.24) is 15.1 Å². The highest BCUT2D eigenvalue weighted by Crippen LogP contribution is 2.15. The van der Waals surface area contributed by atoms with Crippen molar-refractivity contribution in [2.75, 3.05) is 6.61 Å². The van der Waals surface area contributed by atoms with Gasteiger partial charge in [0.15, 0.2) is 0 Å². The molecule has 1 aliphatic heterocycles. The number of hydrogen-bond acceptors (Lipinski definition) is 3.